The molecular weight excluding hydrogens is 224 g/mol. The molecule has 64 valence electrons. The molecule has 2 aromatic carbocycles. The van der Waals surface area contributed by atoms with E-state index in [1.165, 1.54) is 16.3 Å². The van der Waals surface area contributed by atoms with Gasteiger partial charge in [0.2, 0.25) is 0 Å². The Labute approximate surface area is 86.0 Å². The zero-order valence-electron chi connectivity index (χ0n) is 7.13. The van der Waals surface area contributed by atoms with Crippen LogP contribution in [0, 0.1) is 0 Å². The van der Waals surface area contributed by atoms with Crippen molar-refractivity contribution in [2.75, 3.05) is 0 Å². The molecule has 0 amide bonds. The molecule has 0 saturated carbocycles. The van der Waals surface area contributed by atoms with Crippen molar-refractivity contribution in [2.24, 2.45) is 0 Å². The Balaban J connectivity index is 2.92. The predicted molar refractivity (Wildman–Crippen MR) is 61.7 cm³/mol. The molecule has 2 aromatic rings. The summed E-state index contributed by atoms with van der Waals surface area (Å²) in [6.07, 6.45) is 1.88. The summed E-state index contributed by atoms with van der Waals surface area (Å²) in [5.74, 6) is 0. The van der Waals surface area contributed by atoms with Gasteiger partial charge in [-0.2, -0.15) is 0 Å². The van der Waals surface area contributed by atoms with Crippen LogP contribution in [-0.4, -0.2) is 0 Å². The summed E-state index contributed by atoms with van der Waals surface area (Å²) >= 11 is 3.53. The maximum atomic E-state index is 3.80. The first-order valence-electron chi connectivity index (χ1n) is 4.12. The first-order valence-corrected chi connectivity index (χ1v) is 4.92. The van der Waals surface area contributed by atoms with E-state index in [4.69, 9.17) is 0 Å². The van der Waals surface area contributed by atoms with Crippen molar-refractivity contribution in [3.63, 3.8) is 0 Å². The van der Waals surface area contributed by atoms with Crippen LogP contribution in [0.15, 0.2) is 47.4 Å². The predicted octanol–water partition coefficient (Wildman–Crippen LogP) is 4.25. The second-order valence-electron chi connectivity index (χ2n) is 2.89. The maximum absolute atomic E-state index is 3.80. The van der Waals surface area contributed by atoms with Crippen LogP contribution in [0.4, 0.5) is 0 Å². The molecule has 0 saturated heterocycles. The SMILES string of the molecule is C=Cc1ccc(Br)c2ccccc12. The molecule has 2 rings (SSSR count). The lowest BCUT2D eigenvalue weighted by molar-refractivity contribution is 1.68. The Morgan fingerprint density at radius 2 is 1.69 bits per heavy atom. The minimum absolute atomic E-state index is 1.13. The molecule has 0 aliphatic heterocycles. The summed E-state index contributed by atoms with van der Waals surface area (Å²) in [4.78, 5) is 0. The highest BCUT2D eigenvalue weighted by atomic mass is 79.9. The average molecular weight is 233 g/mol. The molecule has 0 spiro atoms. The van der Waals surface area contributed by atoms with Gasteiger partial charge in [0.25, 0.3) is 0 Å². The Hall–Kier alpha value is -1.08. The fraction of sp³-hybridized carbons (Fsp3) is 0. The monoisotopic (exact) mass is 232 g/mol. The zero-order chi connectivity index (χ0) is 9.26. The Bertz CT molecular complexity index is 458. The lowest BCUT2D eigenvalue weighted by atomic mass is 10.1. The number of hydrogen-bond acceptors (Lipinski definition) is 0. The van der Waals surface area contributed by atoms with Crippen LogP contribution in [-0.2, 0) is 0 Å². The van der Waals surface area contributed by atoms with Gasteiger partial charge in [-0.1, -0.05) is 58.9 Å². The van der Waals surface area contributed by atoms with E-state index in [-0.39, 0.29) is 0 Å². The Morgan fingerprint density at radius 3 is 2.38 bits per heavy atom. The summed E-state index contributed by atoms with van der Waals surface area (Å²) in [6.45, 7) is 3.80. The highest BCUT2D eigenvalue weighted by Crippen LogP contribution is 2.27. The average Bonchev–Trinajstić information content (AvgIpc) is 2.19. The molecule has 13 heavy (non-hydrogen) atoms. The van der Waals surface area contributed by atoms with Crippen molar-refractivity contribution < 1.29 is 0 Å². The molecule has 0 aromatic heterocycles. The van der Waals surface area contributed by atoms with Gasteiger partial charge in [-0.3, -0.25) is 0 Å². The number of rotatable bonds is 1. The van der Waals surface area contributed by atoms with Crippen molar-refractivity contribution in [2.45, 2.75) is 0 Å². The van der Waals surface area contributed by atoms with E-state index in [0.717, 1.165) is 4.47 Å². The van der Waals surface area contributed by atoms with Gasteiger partial charge < -0.3 is 0 Å². The first kappa shape index (κ1) is 8.52. The molecule has 0 unspecified atom stereocenters. The van der Waals surface area contributed by atoms with Gasteiger partial charge in [0.15, 0.2) is 0 Å². The largest absolute Gasteiger partial charge is 0.0984 e. The number of hydrogen-bond donors (Lipinski definition) is 0. The highest BCUT2D eigenvalue weighted by molar-refractivity contribution is 9.10. The van der Waals surface area contributed by atoms with Crippen LogP contribution < -0.4 is 0 Å². The number of benzene rings is 2. The van der Waals surface area contributed by atoms with E-state index in [1.807, 2.05) is 18.2 Å². The van der Waals surface area contributed by atoms with Gasteiger partial charge in [-0.15, -0.1) is 0 Å². The molecule has 0 fully saturated rings. The summed E-state index contributed by atoms with van der Waals surface area (Å²) in [7, 11) is 0. The van der Waals surface area contributed by atoms with Gasteiger partial charge in [0.05, 0.1) is 0 Å². The quantitative estimate of drug-likeness (QED) is 0.690. The summed E-state index contributed by atoms with van der Waals surface area (Å²) < 4.78 is 1.13. The fourth-order valence-electron chi connectivity index (χ4n) is 1.46. The molecule has 0 aliphatic rings. The number of fused-ring (bicyclic) bond motifs is 1. The molecule has 0 atom stereocenters. The molecule has 0 N–H and O–H groups in total. The van der Waals surface area contributed by atoms with Crippen LogP contribution >= 0.6 is 15.9 Å². The third-order valence-electron chi connectivity index (χ3n) is 2.12. The molecule has 0 radical (unpaired) electrons. The van der Waals surface area contributed by atoms with Crippen LogP contribution in [0.25, 0.3) is 16.8 Å². The summed E-state index contributed by atoms with van der Waals surface area (Å²) in [5.41, 5.74) is 1.18. The van der Waals surface area contributed by atoms with Crippen LogP contribution in [0.5, 0.6) is 0 Å². The van der Waals surface area contributed by atoms with Gasteiger partial charge >= 0.3 is 0 Å². The standard InChI is InChI=1S/C12H9Br/c1-2-9-7-8-12(13)11-6-4-3-5-10(9)11/h2-8H,1H2. The van der Waals surface area contributed by atoms with E-state index in [9.17, 15) is 0 Å². The van der Waals surface area contributed by atoms with Crippen LogP contribution in [0.2, 0.25) is 0 Å². The fourth-order valence-corrected chi connectivity index (χ4v) is 1.94. The lowest BCUT2D eigenvalue weighted by Crippen LogP contribution is -1.78. The Kier molecular flexibility index (Phi) is 2.19. The first-order chi connectivity index (χ1) is 6.33. The van der Waals surface area contributed by atoms with Crippen molar-refractivity contribution in [1.29, 1.82) is 0 Å². The van der Waals surface area contributed by atoms with E-state index in [0.29, 0.717) is 0 Å². The van der Waals surface area contributed by atoms with Crippen molar-refractivity contribution in [3.8, 4) is 0 Å². The van der Waals surface area contributed by atoms with Crippen molar-refractivity contribution in [3.05, 3.63) is 53.0 Å². The smallest absolute Gasteiger partial charge is 0.0254 e. The molecular formula is C12H9Br. The second-order valence-corrected chi connectivity index (χ2v) is 3.74. The van der Waals surface area contributed by atoms with Gasteiger partial charge in [0, 0.05) is 4.47 Å². The molecule has 1 heteroatoms. The van der Waals surface area contributed by atoms with E-state index < -0.39 is 0 Å². The topological polar surface area (TPSA) is 0 Å². The highest BCUT2D eigenvalue weighted by Gasteiger charge is 1.99. The van der Waals surface area contributed by atoms with Crippen molar-refractivity contribution in [1.82, 2.24) is 0 Å². The van der Waals surface area contributed by atoms with Crippen molar-refractivity contribution >= 4 is 32.8 Å². The normalized spacial score (nSPS) is 10.2. The lowest BCUT2D eigenvalue weighted by Gasteiger charge is -2.03. The van der Waals surface area contributed by atoms with Crippen LogP contribution in [0.1, 0.15) is 5.56 Å². The van der Waals surface area contributed by atoms with Crippen LogP contribution in [0.3, 0.4) is 0 Å². The summed E-state index contributed by atoms with van der Waals surface area (Å²) in [5, 5.41) is 2.48. The Morgan fingerprint density at radius 1 is 1.00 bits per heavy atom. The van der Waals surface area contributed by atoms with E-state index in [1.54, 1.807) is 0 Å². The third kappa shape index (κ3) is 1.40. The van der Waals surface area contributed by atoms with E-state index >= 15 is 0 Å². The van der Waals surface area contributed by atoms with Gasteiger partial charge in [-0.25, -0.2) is 0 Å². The number of halogens is 1. The molecule has 0 aliphatic carbocycles. The zero-order valence-corrected chi connectivity index (χ0v) is 8.71. The minimum Gasteiger partial charge on any atom is -0.0984 e. The molecule has 0 nitrogen and oxygen atoms in total. The van der Waals surface area contributed by atoms with Gasteiger partial charge in [0.1, 0.15) is 0 Å². The maximum Gasteiger partial charge on any atom is 0.0254 e. The molecule has 0 bridgehead atoms. The third-order valence-corrected chi connectivity index (χ3v) is 2.82. The van der Waals surface area contributed by atoms with E-state index in [2.05, 4.69) is 46.8 Å². The van der Waals surface area contributed by atoms with Gasteiger partial charge in [-0.05, 0) is 22.4 Å². The summed E-state index contributed by atoms with van der Waals surface area (Å²) in [6, 6.07) is 12.4. The minimum atomic E-state index is 1.13. The molecule has 0 heterocycles. The second kappa shape index (κ2) is 3.35.